The molecule has 0 aliphatic heterocycles. The second-order valence-corrected chi connectivity index (χ2v) is 4.33. The highest BCUT2D eigenvalue weighted by atomic mass is 16.1. The van der Waals surface area contributed by atoms with Gasteiger partial charge in [0, 0.05) is 13.5 Å². The fourth-order valence-electron chi connectivity index (χ4n) is 2.28. The number of aromatic nitrogens is 3. The number of hydrogen-bond acceptors (Lipinski definition) is 3. The van der Waals surface area contributed by atoms with Gasteiger partial charge in [-0.05, 0) is 18.8 Å². The first-order valence-corrected chi connectivity index (χ1v) is 5.66. The molecule has 2 rings (SSSR count). The third kappa shape index (κ3) is 2.43. The standard InChI is InChI=1S/C11H17N3O/c1-9(15)11-12-8-13-14(11)7-10-5-3-2-4-6-10/h8,10H,2-7H2,1H3. The maximum atomic E-state index is 11.2. The summed E-state index contributed by atoms with van der Waals surface area (Å²) in [4.78, 5) is 15.2. The summed E-state index contributed by atoms with van der Waals surface area (Å²) in [7, 11) is 0. The summed E-state index contributed by atoms with van der Waals surface area (Å²) in [6.07, 6.45) is 7.98. The third-order valence-electron chi connectivity index (χ3n) is 3.09. The Kier molecular flexibility index (Phi) is 3.14. The molecule has 1 aromatic rings. The Morgan fingerprint density at radius 3 is 2.87 bits per heavy atom. The van der Waals surface area contributed by atoms with Crippen LogP contribution in [0.2, 0.25) is 0 Å². The van der Waals surface area contributed by atoms with Crippen molar-refractivity contribution in [2.24, 2.45) is 5.92 Å². The summed E-state index contributed by atoms with van der Waals surface area (Å²) < 4.78 is 1.76. The minimum atomic E-state index is 0.00306. The van der Waals surface area contributed by atoms with Crippen molar-refractivity contribution in [1.29, 1.82) is 0 Å². The highest BCUT2D eigenvalue weighted by Crippen LogP contribution is 2.24. The highest BCUT2D eigenvalue weighted by Gasteiger charge is 2.17. The van der Waals surface area contributed by atoms with E-state index in [9.17, 15) is 4.79 Å². The maximum absolute atomic E-state index is 11.2. The van der Waals surface area contributed by atoms with Crippen LogP contribution in [-0.2, 0) is 6.54 Å². The van der Waals surface area contributed by atoms with Gasteiger partial charge in [-0.3, -0.25) is 4.79 Å². The first kappa shape index (κ1) is 10.3. The zero-order valence-corrected chi connectivity index (χ0v) is 9.15. The SMILES string of the molecule is CC(=O)c1ncnn1CC1CCCCC1. The van der Waals surface area contributed by atoms with E-state index in [4.69, 9.17) is 0 Å². The van der Waals surface area contributed by atoms with Crippen LogP contribution in [0.1, 0.15) is 49.6 Å². The van der Waals surface area contributed by atoms with Crippen LogP contribution < -0.4 is 0 Å². The normalized spacial score (nSPS) is 17.9. The van der Waals surface area contributed by atoms with Crippen LogP contribution >= 0.6 is 0 Å². The monoisotopic (exact) mass is 207 g/mol. The molecule has 0 N–H and O–H groups in total. The molecule has 0 saturated heterocycles. The van der Waals surface area contributed by atoms with E-state index in [-0.39, 0.29) is 5.78 Å². The summed E-state index contributed by atoms with van der Waals surface area (Å²) in [6, 6.07) is 0. The van der Waals surface area contributed by atoms with E-state index in [1.807, 2.05) is 0 Å². The summed E-state index contributed by atoms with van der Waals surface area (Å²) in [5.41, 5.74) is 0. The van der Waals surface area contributed by atoms with Gasteiger partial charge in [0.2, 0.25) is 0 Å². The molecular formula is C11H17N3O. The van der Waals surface area contributed by atoms with Gasteiger partial charge in [-0.2, -0.15) is 5.10 Å². The number of hydrogen-bond donors (Lipinski definition) is 0. The minimum absolute atomic E-state index is 0.00306. The molecule has 0 unspecified atom stereocenters. The molecule has 1 fully saturated rings. The van der Waals surface area contributed by atoms with E-state index in [0.29, 0.717) is 11.7 Å². The fraction of sp³-hybridized carbons (Fsp3) is 0.727. The molecule has 15 heavy (non-hydrogen) atoms. The maximum Gasteiger partial charge on any atom is 0.196 e. The van der Waals surface area contributed by atoms with Gasteiger partial charge in [-0.1, -0.05) is 19.3 Å². The predicted octanol–water partition coefficient (Wildman–Crippen LogP) is 2.06. The van der Waals surface area contributed by atoms with Crippen molar-refractivity contribution in [3.63, 3.8) is 0 Å². The second kappa shape index (κ2) is 4.55. The fourth-order valence-corrected chi connectivity index (χ4v) is 2.28. The Hall–Kier alpha value is -1.19. The van der Waals surface area contributed by atoms with Crippen molar-refractivity contribution in [2.45, 2.75) is 45.6 Å². The van der Waals surface area contributed by atoms with E-state index in [1.165, 1.54) is 38.4 Å². The van der Waals surface area contributed by atoms with Gasteiger partial charge in [-0.25, -0.2) is 9.67 Å². The summed E-state index contributed by atoms with van der Waals surface area (Å²) in [5, 5.41) is 4.12. The van der Waals surface area contributed by atoms with Crippen LogP contribution in [0.5, 0.6) is 0 Å². The quantitative estimate of drug-likeness (QED) is 0.713. The van der Waals surface area contributed by atoms with Gasteiger partial charge in [0.05, 0.1) is 0 Å². The van der Waals surface area contributed by atoms with Crippen LogP contribution in [0.4, 0.5) is 0 Å². The largest absolute Gasteiger partial charge is 0.291 e. The zero-order valence-electron chi connectivity index (χ0n) is 9.15. The van der Waals surface area contributed by atoms with Crippen LogP contribution in [0.15, 0.2) is 6.33 Å². The molecule has 1 heterocycles. The molecule has 0 amide bonds. The minimum Gasteiger partial charge on any atom is -0.291 e. The van der Waals surface area contributed by atoms with Crippen LogP contribution in [-0.4, -0.2) is 20.5 Å². The first-order chi connectivity index (χ1) is 7.27. The number of rotatable bonds is 3. The molecule has 4 nitrogen and oxygen atoms in total. The Bertz CT molecular complexity index is 339. The number of Topliss-reactive ketones (excluding diaryl/α,β-unsaturated/α-hetero) is 1. The van der Waals surface area contributed by atoms with Gasteiger partial charge in [0.1, 0.15) is 6.33 Å². The van der Waals surface area contributed by atoms with E-state index in [2.05, 4.69) is 10.1 Å². The van der Waals surface area contributed by atoms with Gasteiger partial charge in [-0.15, -0.1) is 0 Å². The van der Waals surface area contributed by atoms with Gasteiger partial charge in [0.15, 0.2) is 11.6 Å². The van der Waals surface area contributed by atoms with Crippen molar-refractivity contribution in [1.82, 2.24) is 14.8 Å². The van der Waals surface area contributed by atoms with Crippen LogP contribution in [0.25, 0.3) is 0 Å². The van der Waals surface area contributed by atoms with E-state index in [0.717, 1.165) is 6.54 Å². The molecular weight excluding hydrogens is 190 g/mol. The molecule has 0 radical (unpaired) electrons. The van der Waals surface area contributed by atoms with Crippen molar-refractivity contribution in [2.75, 3.05) is 0 Å². The number of carbonyl (C=O) groups is 1. The van der Waals surface area contributed by atoms with Crippen molar-refractivity contribution < 1.29 is 4.79 Å². The van der Waals surface area contributed by atoms with Crippen LogP contribution in [0.3, 0.4) is 0 Å². The molecule has 1 aromatic heterocycles. The number of ketones is 1. The summed E-state index contributed by atoms with van der Waals surface area (Å²) in [5.74, 6) is 1.18. The lowest BCUT2D eigenvalue weighted by molar-refractivity contribution is 0.0996. The lowest BCUT2D eigenvalue weighted by Gasteiger charge is -2.21. The van der Waals surface area contributed by atoms with Gasteiger partial charge in [0.25, 0.3) is 0 Å². The van der Waals surface area contributed by atoms with Crippen molar-refractivity contribution >= 4 is 5.78 Å². The lowest BCUT2D eigenvalue weighted by Crippen LogP contribution is -2.18. The highest BCUT2D eigenvalue weighted by molar-refractivity contribution is 5.90. The van der Waals surface area contributed by atoms with Gasteiger partial charge < -0.3 is 0 Å². The molecule has 4 heteroatoms. The topological polar surface area (TPSA) is 47.8 Å². The summed E-state index contributed by atoms with van der Waals surface area (Å²) in [6.45, 7) is 2.40. The Balaban J connectivity index is 2.03. The van der Waals surface area contributed by atoms with E-state index in [1.54, 1.807) is 11.6 Å². The summed E-state index contributed by atoms with van der Waals surface area (Å²) >= 11 is 0. The molecule has 0 aromatic carbocycles. The zero-order chi connectivity index (χ0) is 10.7. The molecule has 1 saturated carbocycles. The molecule has 1 aliphatic carbocycles. The van der Waals surface area contributed by atoms with E-state index >= 15 is 0 Å². The first-order valence-electron chi connectivity index (χ1n) is 5.66. The molecule has 0 atom stereocenters. The Morgan fingerprint density at radius 2 is 2.20 bits per heavy atom. The average molecular weight is 207 g/mol. The molecule has 0 bridgehead atoms. The molecule has 1 aliphatic rings. The van der Waals surface area contributed by atoms with Crippen molar-refractivity contribution in [3.05, 3.63) is 12.2 Å². The van der Waals surface area contributed by atoms with Crippen molar-refractivity contribution in [3.8, 4) is 0 Å². The Morgan fingerprint density at radius 1 is 1.47 bits per heavy atom. The number of carbonyl (C=O) groups excluding carboxylic acids is 1. The third-order valence-corrected chi connectivity index (χ3v) is 3.09. The average Bonchev–Trinajstić information content (AvgIpc) is 2.67. The van der Waals surface area contributed by atoms with Gasteiger partial charge >= 0.3 is 0 Å². The van der Waals surface area contributed by atoms with E-state index < -0.39 is 0 Å². The molecule has 0 spiro atoms. The number of nitrogens with zero attached hydrogens (tertiary/aromatic N) is 3. The van der Waals surface area contributed by atoms with Crippen LogP contribution in [0, 0.1) is 5.92 Å². The Labute approximate surface area is 89.7 Å². The predicted molar refractivity (Wildman–Crippen MR) is 56.6 cm³/mol. The molecule has 82 valence electrons. The smallest absolute Gasteiger partial charge is 0.196 e. The second-order valence-electron chi connectivity index (χ2n) is 4.33. The lowest BCUT2D eigenvalue weighted by atomic mass is 9.89.